The van der Waals surface area contributed by atoms with E-state index in [0.29, 0.717) is 5.75 Å². The highest BCUT2D eigenvalue weighted by atomic mass is 16.3. The van der Waals surface area contributed by atoms with E-state index in [4.69, 9.17) is 0 Å². The van der Waals surface area contributed by atoms with E-state index in [1.165, 1.54) is 0 Å². The van der Waals surface area contributed by atoms with Crippen molar-refractivity contribution in [2.24, 2.45) is 0 Å². The molecule has 0 radical (unpaired) electrons. The maximum absolute atomic E-state index is 9.42. The minimum absolute atomic E-state index is 0.293. The van der Waals surface area contributed by atoms with Gasteiger partial charge in [0.2, 0.25) is 0 Å². The second-order valence-electron chi connectivity index (χ2n) is 3.62. The van der Waals surface area contributed by atoms with Crippen molar-refractivity contribution in [1.29, 1.82) is 0 Å². The number of aryl methyl sites for hydroxylation is 1. The molecule has 0 fully saturated rings. The summed E-state index contributed by atoms with van der Waals surface area (Å²) >= 11 is 0. The molecule has 0 bridgehead atoms. The van der Waals surface area contributed by atoms with Crippen LogP contribution in [-0.4, -0.2) is 10.1 Å². The quantitative estimate of drug-likeness (QED) is 0.765. The smallest absolute Gasteiger partial charge is 0.116 e. The zero-order chi connectivity index (χ0) is 10.8. The fourth-order valence-electron chi connectivity index (χ4n) is 1.63. The third-order valence-electron chi connectivity index (χ3n) is 2.61. The zero-order valence-electron chi connectivity index (χ0n) is 8.86. The second kappa shape index (κ2) is 3.73. The Morgan fingerprint density at radius 3 is 2.67 bits per heavy atom. The van der Waals surface area contributed by atoms with Crippen molar-refractivity contribution < 1.29 is 5.11 Å². The summed E-state index contributed by atoms with van der Waals surface area (Å²) in [4.78, 5) is 4.22. The zero-order valence-corrected chi connectivity index (χ0v) is 8.86. The van der Waals surface area contributed by atoms with Crippen LogP contribution in [0, 0.1) is 13.8 Å². The van der Waals surface area contributed by atoms with E-state index >= 15 is 0 Å². The molecule has 15 heavy (non-hydrogen) atoms. The van der Waals surface area contributed by atoms with E-state index in [2.05, 4.69) is 4.98 Å². The van der Waals surface area contributed by atoms with Crippen LogP contribution in [0.25, 0.3) is 11.1 Å². The summed E-state index contributed by atoms with van der Waals surface area (Å²) in [6.07, 6.45) is 1.79. The molecule has 1 N–H and O–H groups in total. The van der Waals surface area contributed by atoms with Gasteiger partial charge in [0, 0.05) is 11.9 Å². The molecule has 0 aliphatic rings. The number of phenols is 1. The lowest BCUT2D eigenvalue weighted by Gasteiger charge is -2.07. The van der Waals surface area contributed by atoms with Crippen LogP contribution in [0.3, 0.4) is 0 Å². The molecule has 1 aromatic heterocycles. The topological polar surface area (TPSA) is 33.1 Å². The van der Waals surface area contributed by atoms with Gasteiger partial charge in [-0.15, -0.1) is 0 Å². The number of aromatic hydroxyl groups is 1. The van der Waals surface area contributed by atoms with E-state index in [9.17, 15) is 5.11 Å². The Balaban J connectivity index is 2.59. The molecule has 0 saturated carbocycles. The lowest BCUT2D eigenvalue weighted by Crippen LogP contribution is -1.89. The number of pyridine rings is 1. The Hall–Kier alpha value is -1.83. The molecule has 0 amide bonds. The highest BCUT2D eigenvalue weighted by Gasteiger charge is 2.04. The highest BCUT2D eigenvalue weighted by molar-refractivity contribution is 5.68. The molecule has 0 aliphatic heterocycles. The summed E-state index contributed by atoms with van der Waals surface area (Å²) in [6, 6.07) is 9.24. The Bertz CT molecular complexity index is 492. The first kappa shape index (κ1) is 9.71. The van der Waals surface area contributed by atoms with Gasteiger partial charge in [0.1, 0.15) is 5.75 Å². The first-order valence-electron chi connectivity index (χ1n) is 4.90. The van der Waals surface area contributed by atoms with E-state index in [0.717, 1.165) is 22.4 Å². The molecular weight excluding hydrogens is 186 g/mol. The van der Waals surface area contributed by atoms with E-state index < -0.39 is 0 Å². The lowest BCUT2D eigenvalue weighted by molar-refractivity contribution is 0.475. The number of aromatic nitrogens is 1. The first-order chi connectivity index (χ1) is 7.18. The molecule has 0 unspecified atom stereocenters. The maximum atomic E-state index is 9.42. The van der Waals surface area contributed by atoms with E-state index in [1.807, 2.05) is 32.0 Å². The minimum atomic E-state index is 0.293. The number of rotatable bonds is 1. The van der Waals surface area contributed by atoms with Gasteiger partial charge in [0.25, 0.3) is 0 Å². The van der Waals surface area contributed by atoms with Gasteiger partial charge in [-0.2, -0.15) is 0 Å². The predicted molar refractivity (Wildman–Crippen MR) is 60.8 cm³/mol. The van der Waals surface area contributed by atoms with Crippen LogP contribution in [0.5, 0.6) is 5.75 Å². The lowest BCUT2D eigenvalue weighted by atomic mass is 10.0. The SMILES string of the molecule is Cc1nccc(-c2cccc(O)c2)c1C. The van der Waals surface area contributed by atoms with Gasteiger partial charge < -0.3 is 5.11 Å². The average molecular weight is 199 g/mol. The molecule has 2 heteroatoms. The molecule has 0 spiro atoms. The van der Waals surface area contributed by atoms with Crippen molar-refractivity contribution in [3.8, 4) is 16.9 Å². The molecule has 2 rings (SSSR count). The molecule has 0 atom stereocenters. The van der Waals surface area contributed by atoms with E-state index in [-0.39, 0.29) is 0 Å². The fourth-order valence-corrected chi connectivity index (χ4v) is 1.63. The summed E-state index contributed by atoms with van der Waals surface area (Å²) in [5.74, 6) is 0.293. The first-order valence-corrected chi connectivity index (χ1v) is 4.90. The number of benzene rings is 1. The van der Waals surface area contributed by atoms with Gasteiger partial charge in [-0.25, -0.2) is 0 Å². The van der Waals surface area contributed by atoms with Gasteiger partial charge in [0.15, 0.2) is 0 Å². The van der Waals surface area contributed by atoms with Crippen LogP contribution in [-0.2, 0) is 0 Å². The second-order valence-corrected chi connectivity index (χ2v) is 3.62. The summed E-state index contributed by atoms with van der Waals surface area (Å²) in [7, 11) is 0. The van der Waals surface area contributed by atoms with Crippen molar-refractivity contribution >= 4 is 0 Å². The normalized spacial score (nSPS) is 10.3. The van der Waals surface area contributed by atoms with Crippen LogP contribution in [0.15, 0.2) is 36.5 Å². The molecule has 2 aromatic rings. The number of hydrogen-bond acceptors (Lipinski definition) is 2. The highest BCUT2D eigenvalue weighted by Crippen LogP contribution is 2.26. The monoisotopic (exact) mass is 199 g/mol. The van der Waals surface area contributed by atoms with Crippen molar-refractivity contribution in [2.45, 2.75) is 13.8 Å². The molecule has 0 saturated heterocycles. The third kappa shape index (κ3) is 1.84. The largest absolute Gasteiger partial charge is 0.508 e. The standard InChI is InChI=1S/C13H13NO/c1-9-10(2)14-7-6-13(9)11-4-3-5-12(15)8-11/h3-8,15H,1-2H3. The van der Waals surface area contributed by atoms with Gasteiger partial charge in [-0.05, 0) is 48.7 Å². The van der Waals surface area contributed by atoms with Crippen LogP contribution < -0.4 is 0 Å². The van der Waals surface area contributed by atoms with Crippen LogP contribution in [0.4, 0.5) is 0 Å². The Labute approximate surface area is 89.2 Å². The number of nitrogens with zero attached hydrogens (tertiary/aromatic N) is 1. The molecule has 1 aromatic carbocycles. The minimum Gasteiger partial charge on any atom is -0.508 e. The van der Waals surface area contributed by atoms with Crippen molar-refractivity contribution in [3.05, 3.63) is 47.8 Å². The third-order valence-corrected chi connectivity index (χ3v) is 2.61. The Morgan fingerprint density at radius 1 is 1.13 bits per heavy atom. The van der Waals surface area contributed by atoms with E-state index in [1.54, 1.807) is 18.3 Å². The number of hydrogen-bond donors (Lipinski definition) is 1. The summed E-state index contributed by atoms with van der Waals surface area (Å²) in [6.45, 7) is 4.03. The van der Waals surface area contributed by atoms with Gasteiger partial charge in [0.05, 0.1) is 0 Å². The van der Waals surface area contributed by atoms with Gasteiger partial charge in [-0.1, -0.05) is 12.1 Å². The predicted octanol–water partition coefficient (Wildman–Crippen LogP) is 3.07. The van der Waals surface area contributed by atoms with Gasteiger partial charge in [-0.3, -0.25) is 4.98 Å². The van der Waals surface area contributed by atoms with Gasteiger partial charge >= 0.3 is 0 Å². The van der Waals surface area contributed by atoms with Crippen molar-refractivity contribution in [2.75, 3.05) is 0 Å². The molecule has 0 aliphatic carbocycles. The van der Waals surface area contributed by atoms with Crippen molar-refractivity contribution in [3.63, 3.8) is 0 Å². The fraction of sp³-hybridized carbons (Fsp3) is 0.154. The Morgan fingerprint density at radius 2 is 1.93 bits per heavy atom. The molecule has 2 nitrogen and oxygen atoms in total. The Kier molecular flexibility index (Phi) is 2.42. The van der Waals surface area contributed by atoms with Crippen LogP contribution in [0.2, 0.25) is 0 Å². The summed E-state index contributed by atoms with van der Waals surface area (Å²) in [5.41, 5.74) is 4.33. The molecule has 1 heterocycles. The summed E-state index contributed by atoms with van der Waals surface area (Å²) < 4.78 is 0. The summed E-state index contributed by atoms with van der Waals surface area (Å²) in [5, 5.41) is 9.42. The van der Waals surface area contributed by atoms with Crippen LogP contribution in [0.1, 0.15) is 11.3 Å². The average Bonchev–Trinajstić information content (AvgIpc) is 2.22. The molecular formula is C13H13NO. The van der Waals surface area contributed by atoms with Crippen LogP contribution >= 0.6 is 0 Å². The maximum Gasteiger partial charge on any atom is 0.116 e. The van der Waals surface area contributed by atoms with Crippen molar-refractivity contribution in [1.82, 2.24) is 4.98 Å². The number of phenolic OH excluding ortho intramolecular Hbond substituents is 1. The molecule has 76 valence electrons.